The van der Waals surface area contributed by atoms with Gasteiger partial charge in [-0.05, 0) is 42.2 Å². The minimum Gasteiger partial charge on any atom is -0.352 e. The number of aryl methyl sites for hydroxylation is 1. The van der Waals surface area contributed by atoms with Crippen molar-refractivity contribution in [1.82, 2.24) is 25.5 Å². The fourth-order valence-electron chi connectivity index (χ4n) is 3.97. The summed E-state index contributed by atoms with van der Waals surface area (Å²) in [6.45, 7) is 0.0229. The van der Waals surface area contributed by atoms with Crippen molar-refractivity contribution in [2.45, 2.75) is 57.5 Å². The van der Waals surface area contributed by atoms with Gasteiger partial charge in [0, 0.05) is 18.0 Å². The first-order chi connectivity index (χ1) is 15.7. The summed E-state index contributed by atoms with van der Waals surface area (Å²) in [5, 5.41) is 18.5. The average molecular weight is 433 g/mol. The van der Waals surface area contributed by atoms with E-state index >= 15 is 0 Å². The number of nitrogens with zero attached hydrogens (tertiary/aromatic N) is 4. The van der Waals surface area contributed by atoms with Gasteiger partial charge in [0.05, 0.1) is 5.69 Å². The van der Waals surface area contributed by atoms with Crippen molar-refractivity contribution in [2.75, 3.05) is 5.32 Å². The van der Waals surface area contributed by atoms with E-state index in [9.17, 15) is 9.59 Å². The van der Waals surface area contributed by atoms with Crippen LogP contribution in [0.3, 0.4) is 0 Å². The van der Waals surface area contributed by atoms with Gasteiger partial charge in [-0.3, -0.25) is 9.59 Å². The Morgan fingerprint density at radius 3 is 2.50 bits per heavy atom. The number of carbonyl (C=O) groups is 2. The van der Waals surface area contributed by atoms with Crippen LogP contribution in [0.15, 0.2) is 54.6 Å². The molecule has 1 heterocycles. The lowest BCUT2D eigenvalue weighted by molar-refractivity contribution is -0.123. The first-order valence-corrected chi connectivity index (χ1v) is 11.2. The summed E-state index contributed by atoms with van der Waals surface area (Å²) >= 11 is 0. The second kappa shape index (κ2) is 10.7. The summed E-state index contributed by atoms with van der Waals surface area (Å²) in [5.74, 6) is 0.179. The Morgan fingerprint density at radius 2 is 1.69 bits per heavy atom. The van der Waals surface area contributed by atoms with Gasteiger partial charge in [-0.1, -0.05) is 61.7 Å². The molecule has 2 amide bonds. The first kappa shape index (κ1) is 21.7. The monoisotopic (exact) mass is 432 g/mol. The van der Waals surface area contributed by atoms with Gasteiger partial charge < -0.3 is 10.6 Å². The molecule has 1 fully saturated rings. The number of anilines is 1. The van der Waals surface area contributed by atoms with E-state index in [1.807, 2.05) is 54.6 Å². The van der Waals surface area contributed by atoms with Crippen LogP contribution < -0.4 is 10.6 Å². The molecule has 1 aromatic heterocycles. The smallest absolute Gasteiger partial charge is 0.243 e. The Bertz CT molecular complexity index is 1040. The maximum atomic E-state index is 12.5. The normalized spacial score (nSPS) is 14.1. The minimum absolute atomic E-state index is 0.0229. The third-order valence-electron chi connectivity index (χ3n) is 5.63. The first-order valence-electron chi connectivity index (χ1n) is 11.2. The van der Waals surface area contributed by atoms with Crippen LogP contribution in [0, 0.1) is 0 Å². The lowest BCUT2D eigenvalue weighted by Gasteiger charge is -2.22. The topological polar surface area (TPSA) is 102 Å². The SMILES string of the molecule is O=C(CCc1ccccc1)Nc1ccccc1-c1nnn(CC(=O)NC2CCCCC2)n1. The lowest BCUT2D eigenvalue weighted by atomic mass is 9.95. The molecule has 3 aromatic rings. The van der Waals surface area contributed by atoms with Crippen molar-refractivity contribution < 1.29 is 9.59 Å². The van der Waals surface area contributed by atoms with Gasteiger partial charge in [-0.25, -0.2) is 0 Å². The number of benzene rings is 2. The van der Waals surface area contributed by atoms with Crippen molar-refractivity contribution in [3.8, 4) is 11.4 Å². The molecule has 1 saturated carbocycles. The van der Waals surface area contributed by atoms with Crippen molar-refractivity contribution in [3.63, 3.8) is 0 Å². The standard InChI is InChI=1S/C24H28N6O2/c31-22(16-15-18-9-3-1-4-10-18)26-21-14-8-7-13-20(21)24-27-29-30(28-24)17-23(32)25-19-11-5-2-6-12-19/h1,3-4,7-10,13-14,19H,2,5-6,11-12,15-17H2,(H,25,32)(H,26,31). The van der Waals surface area contributed by atoms with Crippen molar-refractivity contribution >= 4 is 17.5 Å². The molecule has 0 unspecified atom stereocenters. The molecule has 0 bridgehead atoms. The molecule has 166 valence electrons. The molecule has 2 N–H and O–H groups in total. The molecule has 1 aliphatic rings. The number of hydrogen-bond acceptors (Lipinski definition) is 5. The largest absolute Gasteiger partial charge is 0.352 e. The number of hydrogen-bond donors (Lipinski definition) is 2. The lowest BCUT2D eigenvalue weighted by Crippen LogP contribution is -2.38. The van der Waals surface area contributed by atoms with Crippen molar-refractivity contribution in [3.05, 3.63) is 60.2 Å². The maximum absolute atomic E-state index is 12.5. The van der Waals surface area contributed by atoms with Crippen LogP contribution in [0.1, 0.15) is 44.1 Å². The Hall–Kier alpha value is -3.55. The summed E-state index contributed by atoms with van der Waals surface area (Å²) < 4.78 is 0. The van der Waals surface area contributed by atoms with Gasteiger partial charge in [0.2, 0.25) is 17.6 Å². The molecule has 8 heteroatoms. The summed E-state index contributed by atoms with van der Waals surface area (Å²) in [7, 11) is 0. The maximum Gasteiger partial charge on any atom is 0.243 e. The van der Waals surface area contributed by atoms with Gasteiger partial charge in [0.25, 0.3) is 0 Å². The van der Waals surface area contributed by atoms with Crippen LogP contribution in [-0.2, 0) is 22.6 Å². The predicted octanol–water partition coefficient (Wildman–Crippen LogP) is 3.36. The van der Waals surface area contributed by atoms with Crippen LogP contribution in [0.5, 0.6) is 0 Å². The summed E-state index contributed by atoms with van der Waals surface area (Å²) in [5.41, 5.74) is 2.41. The summed E-state index contributed by atoms with van der Waals surface area (Å²) in [6.07, 6.45) is 6.65. The number of carbonyl (C=O) groups excluding carboxylic acids is 2. The fraction of sp³-hybridized carbons (Fsp3) is 0.375. The number of tetrazole rings is 1. The summed E-state index contributed by atoms with van der Waals surface area (Å²) in [6, 6.07) is 17.5. The van der Waals surface area contributed by atoms with Crippen LogP contribution in [-0.4, -0.2) is 38.1 Å². The number of para-hydroxylation sites is 1. The predicted molar refractivity (Wildman–Crippen MR) is 122 cm³/mol. The second-order valence-electron chi connectivity index (χ2n) is 8.13. The molecular formula is C24H28N6O2. The average Bonchev–Trinajstić information content (AvgIpc) is 3.27. The number of nitrogens with one attached hydrogen (secondary N) is 2. The van der Waals surface area contributed by atoms with Gasteiger partial charge in [0.15, 0.2) is 0 Å². The van der Waals surface area contributed by atoms with E-state index in [2.05, 4.69) is 26.0 Å². The third kappa shape index (κ3) is 6.00. The fourth-order valence-corrected chi connectivity index (χ4v) is 3.97. The van der Waals surface area contributed by atoms with Crippen LogP contribution in [0.4, 0.5) is 5.69 Å². The van der Waals surface area contributed by atoms with Gasteiger partial charge >= 0.3 is 0 Å². The summed E-state index contributed by atoms with van der Waals surface area (Å²) in [4.78, 5) is 26.1. The van der Waals surface area contributed by atoms with E-state index in [-0.39, 0.29) is 24.4 Å². The minimum atomic E-state index is -0.108. The molecule has 4 rings (SSSR count). The molecule has 0 aliphatic heterocycles. The third-order valence-corrected chi connectivity index (χ3v) is 5.63. The molecule has 8 nitrogen and oxygen atoms in total. The Balaban J connectivity index is 1.36. The van der Waals surface area contributed by atoms with Crippen LogP contribution in [0.2, 0.25) is 0 Å². The van der Waals surface area contributed by atoms with Crippen LogP contribution in [0.25, 0.3) is 11.4 Å². The van der Waals surface area contributed by atoms with E-state index in [1.54, 1.807) is 0 Å². The Kier molecular flexibility index (Phi) is 7.22. The zero-order valence-electron chi connectivity index (χ0n) is 18.0. The van der Waals surface area contributed by atoms with Crippen LogP contribution >= 0.6 is 0 Å². The van der Waals surface area contributed by atoms with Crippen molar-refractivity contribution in [2.24, 2.45) is 0 Å². The second-order valence-corrected chi connectivity index (χ2v) is 8.13. The molecule has 0 spiro atoms. The van der Waals surface area contributed by atoms with Gasteiger partial charge in [-0.2, -0.15) is 4.80 Å². The molecule has 0 atom stereocenters. The highest BCUT2D eigenvalue weighted by molar-refractivity contribution is 5.94. The number of aromatic nitrogens is 4. The zero-order chi connectivity index (χ0) is 22.2. The molecular weight excluding hydrogens is 404 g/mol. The Morgan fingerprint density at radius 1 is 0.938 bits per heavy atom. The molecule has 1 aliphatic carbocycles. The highest BCUT2D eigenvalue weighted by atomic mass is 16.2. The number of amides is 2. The van der Waals surface area contributed by atoms with Gasteiger partial charge in [0.1, 0.15) is 6.54 Å². The molecule has 0 saturated heterocycles. The van der Waals surface area contributed by atoms with E-state index in [0.29, 0.717) is 29.9 Å². The van der Waals surface area contributed by atoms with E-state index in [0.717, 1.165) is 31.2 Å². The van der Waals surface area contributed by atoms with E-state index < -0.39 is 0 Å². The highest BCUT2D eigenvalue weighted by Gasteiger charge is 2.18. The zero-order valence-corrected chi connectivity index (χ0v) is 18.0. The van der Waals surface area contributed by atoms with Crippen molar-refractivity contribution in [1.29, 1.82) is 0 Å². The molecule has 2 aromatic carbocycles. The highest BCUT2D eigenvalue weighted by Crippen LogP contribution is 2.24. The van der Waals surface area contributed by atoms with E-state index in [4.69, 9.17) is 0 Å². The number of rotatable bonds is 8. The quantitative estimate of drug-likeness (QED) is 0.568. The van der Waals surface area contributed by atoms with E-state index in [1.165, 1.54) is 11.2 Å². The molecule has 32 heavy (non-hydrogen) atoms. The Labute approximate surface area is 187 Å². The molecule has 0 radical (unpaired) electrons. The van der Waals surface area contributed by atoms with Gasteiger partial charge in [-0.15, -0.1) is 10.2 Å².